The number of benzene rings is 2. The maximum Gasteiger partial charge on any atom is 0.255 e. The maximum absolute atomic E-state index is 13.4. The first-order valence-corrected chi connectivity index (χ1v) is 13.3. The summed E-state index contributed by atoms with van der Waals surface area (Å²) in [5.74, 6) is 0.512. The molecule has 1 fully saturated rings. The molecular weight excluding hydrogens is 464 g/mol. The summed E-state index contributed by atoms with van der Waals surface area (Å²) in [4.78, 5) is 12.9. The van der Waals surface area contributed by atoms with Crippen LogP contribution in [0.4, 0.5) is 5.69 Å². The lowest BCUT2D eigenvalue weighted by Crippen LogP contribution is -2.32. The van der Waals surface area contributed by atoms with Crippen LogP contribution in [0.25, 0.3) is 0 Å². The second-order valence-electron chi connectivity index (χ2n) is 8.86. The normalized spacial score (nSPS) is 14.9. The summed E-state index contributed by atoms with van der Waals surface area (Å²) in [7, 11) is -1.99. The Balaban J connectivity index is 1.47. The van der Waals surface area contributed by atoms with Crippen molar-refractivity contribution in [3.8, 4) is 5.75 Å². The van der Waals surface area contributed by atoms with Gasteiger partial charge in [-0.1, -0.05) is 25.0 Å². The number of hydrogen-bond donors (Lipinski definition) is 1. The third-order valence-corrected chi connectivity index (χ3v) is 8.53. The molecule has 2 aromatic carbocycles. The van der Waals surface area contributed by atoms with Crippen molar-refractivity contribution in [1.82, 2.24) is 14.1 Å². The van der Waals surface area contributed by atoms with Crippen molar-refractivity contribution in [2.45, 2.75) is 51.0 Å². The number of carbonyl (C=O) groups is 1. The smallest absolute Gasteiger partial charge is 0.255 e. The van der Waals surface area contributed by atoms with Gasteiger partial charge in [0.25, 0.3) is 5.91 Å². The highest BCUT2D eigenvalue weighted by Crippen LogP contribution is 2.26. The van der Waals surface area contributed by atoms with Crippen LogP contribution in [0.3, 0.4) is 0 Å². The fourth-order valence-corrected chi connectivity index (χ4v) is 6.32. The van der Waals surface area contributed by atoms with Crippen LogP contribution in [0.2, 0.25) is 0 Å². The molecule has 0 unspecified atom stereocenters. The second kappa shape index (κ2) is 10.6. The Bertz CT molecular complexity index is 1270. The van der Waals surface area contributed by atoms with Gasteiger partial charge in [-0.25, -0.2) is 8.42 Å². The van der Waals surface area contributed by atoms with Crippen molar-refractivity contribution in [3.63, 3.8) is 0 Å². The quantitative estimate of drug-likeness (QED) is 0.524. The van der Waals surface area contributed by atoms with Gasteiger partial charge in [-0.2, -0.15) is 9.40 Å². The van der Waals surface area contributed by atoms with Gasteiger partial charge < -0.3 is 10.1 Å². The van der Waals surface area contributed by atoms with E-state index >= 15 is 0 Å². The van der Waals surface area contributed by atoms with E-state index in [1.54, 1.807) is 66.3 Å². The van der Waals surface area contributed by atoms with Gasteiger partial charge in [0, 0.05) is 24.3 Å². The van der Waals surface area contributed by atoms with Crippen molar-refractivity contribution in [1.29, 1.82) is 0 Å². The van der Waals surface area contributed by atoms with Crippen molar-refractivity contribution in [3.05, 3.63) is 71.0 Å². The Morgan fingerprint density at radius 3 is 2.20 bits per heavy atom. The number of hydrogen-bond acceptors (Lipinski definition) is 5. The SMILES string of the molecule is COc1ccc(NC(=O)c2ccc(Cn3nc(C)c(S(=O)(=O)N4CCCCCC4)c3C)cc2)cc1. The van der Waals surface area contributed by atoms with E-state index in [2.05, 4.69) is 10.4 Å². The molecule has 4 rings (SSSR count). The highest BCUT2D eigenvalue weighted by molar-refractivity contribution is 7.89. The Labute approximate surface area is 207 Å². The van der Waals surface area contributed by atoms with E-state index in [4.69, 9.17) is 4.74 Å². The third-order valence-electron chi connectivity index (χ3n) is 6.37. The molecule has 1 saturated heterocycles. The van der Waals surface area contributed by atoms with Crippen LogP contribution >= 0.6 is 0 Å². The lowest BCUT2D eigenvalue weighted by Gasteiger charge is -2.20. The molecule has 1 N–H and O–H groups in total. The number of rotatable bonds is 7. The summed E-state index contributed by atoms with van der Waals surface area (Å²) in [6, 6.07) is 14.4. The molecule has 1 aliphatic heterocycles. The third kappa shape index (κ3) is 5.57. The largest absolute Gasteiger partial charge is 0.497 e. The molecule has 1 amide bonds. The van der Waals surface area contributed by atoms with Gasteiger partial charge in [0.2, 0.25) is 10.0 Å². The molecule has 2 heterocycles. The molecule has 3 aromatic rings. The second-order valence-corrected chi connectivity index (χ2v) is 10.7. The van der Waals surface area contributed by atoms with E-state index in [9.17, 15) is 13.2 Å². The molecule has 35 heavy (non-hydrogen) atoms. The van der Waals surface area contributed by atoms with Gasteiger partial charge in [0.15, 0.2) is 0 Å². The number of sulfonamides is 1. The lowest BCUT2D eigenvalue weighted by atomic mass is 10.1. The monoisotopic (exact) mass is 496 g/mol. The zero-order valence-electron chi connectivity index (χ0n) is 20.5. The lowest BCUT2D eigenvalue weighted by molar-refractivity contribution is 0.102. The minimum Gasteiger partial charge on any atom is -0.497 e. The zero-order chi connectivity index (χ0) is 25.0. The van der Waals surface area contributed by atoms with E-state index < -0.39 is 10.0 Å². The van der Waals surface area contributed by atoms with E-state index in [0.29, 0.717) is 47.2 Å². The minimum absolute atomic E-state index is 0.210. The predicted octanol–water partition coefficient (Wildman–Crippen LogP) is 4.37. The average Bonchev–Trinajstić information content (AvgIpc) is 3.02. The highest BCUT2D eigenvalue weighted by atomic mass is 32.2. The van der Waals surface area contributed by atoms with Crippen LogP contribution < -0.4 is 10.1 Å². The van der Waals surface area contributed by atoms with Gasteiger partial charge in [-0.15, -0.1) is 0 Å². The van der Waals surface area contributed by atoms with Crippen LogP contribution in [0.5, 0.6) is 5.75 Å². The standard InChI is InChI=1S/C26H32N4O4S/c1-19-25(35(32,33)29-16-6-4-5-7-17-29)20(2)30(28-19)18-21-8-10-22(11-9-21)26(31)27-23-12-14-24(34-3)15-13-23/h8-15H,4-7,16-18H2,1-3H3,(H,27,31). The van der Waals surface area contributed by atoms with Crippen LogP contribution in [0, 0.1) is 13.8 Å². The van der Waals surface area contributed by atoms with Crippen LogP contribution in [-0.2, 0) is 16.6 Å². The maximum atomic E-state index is 13.4. The molecule has 0 aliphatic carbocycles. The molecular formula is C26H32N4O4S. The van der Waals surface area contributed by atoms with E-state index in [0.717, 1.165) is 37.0 Å². The van der Waals surface area contributed by atoms with Crippen LogP contribution in [-0.4, -0.2) is 48.6 Å². The molecule has 0 saturated carbocycles. The van der Waals surface area contributed by atoms with Crippen molar-refractivity contribution < 1.29 is 17.9 Å². The number of ether oxygens (including phenoxy) is 1. The number of carbonyl (C=O) groups excluding carboxylic acids is 1. The molecule has 8 nitrogen and oxygen atoms in total. The van der Waals surface area contributed by atoms with Crippen LogP contribution in [0.15, 0.2) is 53.4 Å². The van der Waals surface area contributed by atoms with E-state index in [1.807, 2.05) is 12.1 Å². The highest BCUT2D eigenvalue weighted by Gasteiger charge is 2.31. The van der Waals surface area contributed by atoms with Crippen LogP contribution in [0.1, 0.15) is 53.0 Å². The topological polar surface area (TPSA) is 93.5 Å². The van der Waals surface area contributed by atoms with Gasteiger partial charge in [-0.05, 0) is 68.7 Å². The molecule has 1 aromatic heterocycles. The Hall–Kier alpha value is -3.17. The van der Waals surface area contributed by atoms with Gasteiger partial charge in [0.05, 0.1) is 25.0 Å². The average molecular weight is 497 g/mol. The van der Waals surface area contributed by atoms with Crippen molar-refractivity contribution in [2.75, 3.05) is 25.5 Å². The van der Waals surface area contributed by atoms with Gasteiger partial charge >= 0.3 is 0 Å². The molecule has 1 aliphatic rings. The van der Waals surface area contributed by atoms with Gasteiger partial charge in [0.1, 0.15) is 10.6 Å². The number of aryl methyl sites for hydroxylation is 1. The fraction of sp³-hybridized carbons (Fsp3) is 0.385. The summed E-state index contributed by atoms with van der Waals surface area (Å²) < 4.78 is 35.2. The summed E-state index contributed by atoms with van der Waals surface area (Å²) in [5.41, 5.74) is 3.29. The molecule has 0 bridgehead atoms. The van der Waals surface area contributed by atoms with E-state index in [-0.39, 0.29) is 5.91 Å². The molecule has 0 spiro atoms. The summed E-state index contributed by atoms with van der Waals surface area (Å²) >= 11 is 0. The van der Waals surface area contributed by atoms with Gasteiger partial charge in [-0.3, -0.25) is 9.48 Å². The molecule has 0 atom stereocenters. The Morgan fingerprint density at radius 1 is 0.971 bits per heavy atom. The Kier molecular flexibility index (Phi) is 7.57. The molecule has 186 valence electrons. The number of anilines is 1. The fourth-order valence-electron chi connectivity index (χ4n) is 4.43. The first-order valence-electron chi connectivity index (χ1n) is 11.9. The predicted molar refractivity (Wildman–Crippen MR) is 135 cm³/mol. The first-order chi connectivity index (χ1) is 16.8. The summed E-state index contributed by atoms with van der Waals surface area (Å²) in [6.07, 6.45) is 3.92. The van der Waals surface area contributed by atoms with E-state index in [1.165, 1.54) is 0 Å². The minimum atomic E-state index is -3.58. The first kappa shape index (κ1) is 24.9. The number of aromatic nitrogens is 2. The number of nitrogens with one attached hydrogen (secondary N) is 1. The number of amides is 1. The Morgan fingerprint density at radius 2 is 1.60 bits per heavy atom. The van der Waals surface area contributed by atoms with Crippen molar-refractivity contribution in [2.24, 2.45) is 0 Å². The number of nitrogens with zero attached hydrogens (tertiary/aromatic N) is 3. The summed E-state index contributed by atoms with van der Waals surface area (Å²) in [5, 5.41) is 7.41. The van der Waals surface area contributed by atoms with Crippen molar-refractivity contribution >= 4 is 21.6 Å². The zero-order valence-corrected chi connectivity index (χ0v) is 21.3. The number of methoxy groups -OCH3 is 1. The summed E-state index contributed by atoms with van der Waals surface area (Å²) in [6.45, 7) is 5.10. The molecule has 0 radical (unpaired) electrons. The molecule has 9 heteroatoms.